The van der Waals surface area contributed by atoms with E-state index in [2.05, 4.69) is 0 Å². The molecule has 1 aromatic carbocycles. The molecule has 13 heavy (non-hydrogen) atoms. The lowest BCUT2D eigenvalue weighted by Gasteiger charge is -2.08. The molecule has 0 radical (unpaired) electrons. The molecule has 0 bridgehead atoms. The Labute approximate surface area is 81.1 Å². The number of hydrogen-bond donors (Lipinski definition) is 1. The van der Waals surface area contributed by atoms with Gasteiger partial charge in [0.05, 0.1) is 5.60 Å². The zero-order valence-electron chi connectivity index (χ0n) is 7.06. The minimum atomic E-state index is -0.661. The molecule has 0 atom stereocenters. The first kappa shape index (κ1) is 8.97. The van der Waals surface area contributed by atoms with Crippen molar-refractivity contribution in [3.05, 3.63) is 34.6 Å². The van der Waals surface area contributed by atoms with E-state index < -0.39 is 5.60 Å². The lowest BCUT2D eigenvalue weighted by molar-refractivity contribution is 0.149. The molecule has 1 N–H and O–H groups in total. The molecular weight excluding hydrogens is 191 g/mol. The average Bonchev–Trinajstić information content (AvgIpc) is 2.76. The molecule has 0 heterocycles. The molecule has 0 amide bonds. The Morgan fingerprint density at radius 2 is 2.15 bits per heavy atom. The fourth-order valence-electron chi connectivity index (χ4n) is 1.35. The molecule has 0 aromatic heterocycles. The Hall–Kier alpha value is -0.600. The van der Waals surface area contributed by atoms with Gasteiger partial charge in [-0.3, -0.25) is 0 Å². The van der Waals surface area contributed by atoms with E-state index in [1.807, 2.05) is 0 Å². The van der Waals surface area contributed by atoms with Gasteiger partial charge in [-0.25, -0.2) is 4.39 Å². The fourth-order valence-corrected chi connectivity index (χ4v) is 1.55. The summed E-state index contributed by atoms with van der Waals surface area (Å²) in [5.74, 6) is -0.287. The summed E-state index contributed by atoms with van der Waals surface area (Å²) in [6.07, 6.45) is 1.90. The molecule has 70 valence electrons. The summed E-state index contributed by atoms with van der Waals surface area (Å²) >= 11 is 5.72. The molecular formula is C10H10ClFO. The Morgan fingerprint density at radius 1 is 1.46 bits per heavy atom. The second kappa shape index (κ2) is 2.96. The minimum Gasteiger partial charge on any atom is -0.390 e. The standard InChI is InChI=1S/C10H10ClFO/c11-8-1-2-9(12)7(5-8)6-10(13)3-4-10/h1-2,5,13H,3-4,6H2. The highest BCUT2D eigenvalue weighted by Crippen LogP contribution is 2.38. The molecule has 0 saturated heterocycles. The van der Waals surface area contributed by atoms with E-state index in [9.17, 15) is 9.50 Å². The molecule has 1 aliphatic carbocycles. The van der Waals surface area contributed by atoms with Crippen LogP contribution in [-0.2, 0) is 6.42 Å². The molecule has 1 saturated carbocycles. The second-order valence-corrected chi connectivity index (χ2v) is 4.07. The van der Waals surface area contributed by atoms with Gasteiger partial charge in [-0.15, -0.1) is 0 Å². The molecule has 0 spiro atoms. The highest BCUT2D eigenvalue weighted by atomic mass is 35.5. The molecule has 1 aliphatic rings. The monoisotopic (exact) mass is 200 g/mol. The van der Waals surface area contributed by atoms with Crippen molar-refractivity contribution in [1.29, 1.82) is 0 Å². The van der Waals surface area contributed by atoms with Crippen molar-refractivity contribution in [1.82, 2.24) is 0 Å². The van der Waals surface area contributed by atoms with Crippen molar-refractivity contribution in [2.24, 2.45) is 0 Å². The Bertz CT molecular complexity index is 334. The van der Waals surface area contributed by atoms with Gasteiger partial charge in [0.1, 0.15) is 5.82 Å². The largest absolute Gasteiger partial charge is 0.390 e. The van der Waals surface area contributed by atoms with Crippen LogP contribution in [0.15, 0.2) is 18.2 Å². The predicted octanol–water partition coefficient (Wildman–Crippen LogP) is 2.55. The van der Waals surface area contributed by atoms with E-state index in [0.717, 1.165) is 12.8 Å². The van der Waals surface area contributed by atoms with Crippen LogP contribution in [0.4, 0.5) is 4.39 Å². The van der Waals surface area contributed by atoms with Crippen molar-refractivity contribution < 1.29 is 9.50 Å². The van der Waals surface area contributed by atoms with Crippen molar-refractivity contribution in [2.45, 2.75) is 24.9 Å². The summed E-state index contributed by atoms with van der Waals surface area (Å²) in [5, 5.41) is 10.1. The van der Waals surface area contributed by atoms with Gasteiger partial charge in [0, 0.05) is 11.4 Å². The molecule has 2 rings (SSSR count). The van der Waals surface area contributed by atoms with E-state index in [0.29, 0.717) is 17.0 Å². The smallest absolute Gasteiger partial charge is 0.126 e. The molecule has 1 aromatic rings. The number of benzene rings is 1. The summed E-state index contributed by atoms with van der Waals surface area (Å²) in [5.41, 5.74) is -0.154. The van der Waals surface area contributed by atoms with Gasteiger partial charge < -0.3 is 5.11 Å². The van der Waals surface area contributed by atoms with E-state index in [1.165, 1.54) is 12.1 Å². The predicted molar refractivity (Wildman–Crippen MR) is 49.3 cm³/mol. The van der Waals surface area contributed by atoms with Crippen molar-refractivity contribution in [3.8, 4) is 0 Å². The second-order valence-electron chi connectivity index (χ2n) is 3.64. The number of rotatable bonds is 2. The van der Waals surface area contributed by atoms with E-state index in [1.54, 1.807) is 6.07 Å². The Kier molecular flexibility index (Phi) is 2.05. The van der Waals surface area contributed by atoms with Crippen LogP contribution >= 0.6 is 11.6 Å². The maximum atomic E-state index is 13.2. The van der Waals surface area contributed by atoms with Crippen LogP contribution in [0.1, 0.15) is 18.4 Å². The number of hydrogen-bond acceptors (Lipinski definition) is 1. The lowest BCUT2D eigenvalue weighted by Crippen LogP contribution is -2.11. The molecule has 0 aliphatic heterocycles. The quantitative estimate of drug-likeness (QED) is 0.778. The van der Waals surface area contributed by atoms with Crippen LogP contribution in [0.25, 0.3) is 0 Å². The Balaban J connectivity index is 2.23. The maximum Gasteiger partial charge on any atom is 0.126 e. The third kappa shape index (κ3) is 2.01. The van der Waals surface area contributed by atoms with Crippen LogP contribution in [0.5, 0.6) is 0 Å². The minimum absolute atomic E-state index is 0.287. The van der Waals surface area contributed by atoms with E-state index >= 15 is 0 Å². The van der Waals surface area contributed by atoms with Gasteiger partial charge in [-0.05, 0) is 36.6 Å². The molecule has 3 heteroatoms. The highest BCUT2D eigenvalue weighted by Gasteiger charge is 2.40. The van der Waals surface area contributed by atoms with Crippen LogP contribution in [0.2, 0.25) is 5.02 Å². The highest BCUT2D eigenvalue weighted by molar-refractivity contribution is 6.30. The lowest BCUT2D eigenvalue weighted by atomic mass is 10.1. The number of halogens is 2. The summed E-state index contributed by atoms with van der Waals surface area (Å²) in [6, 6.07) is 4.42. The molecule has 1 nitrogen and oxygen atoms in total. The van der Waals surface area contributed by atoms with Crippen LogP contribution in [-0.4, -0.2) is 10.7 Å². The summed E-state index contributed by atoms with van der Waals surface area (Å²) in [4.78, 5) is 0. The van der Waals surface area contributed by atoms with Crippen molar-refractivity contribution in [3.63, 3.8) is 0 Å². The zero-order chi connectivity index (χ0) is 9.47. The van der Waals surface area contributed by atoms with Crippen molar-refractivity contribution >= 4 is 11.6 Å². The van der Waals surface area contributed by atoms with Crippen LogP contribution in [0, 0.1) is 5.82 Å². The first-order chi connectivity index (χ1) is 6.09. The average molecular weight is 201 g/mol. The van der Waals surface area contributed by atoms with E-state index in [-0.39, 0.29) is 5.82 Å². The molecule has 1 fully saturated rings. The SMILES string of the molecule is OC1(Cc2cc(Cl)ccc2F)CC1. The maximum absolute atomic E-state index is 13.2. The first-order valence-corrected chi connectivity index (χ1v) is 4.63. The topological polar surface area (TPSA) is 20.2 Å². The van der Waals surface area contributed by atoms with Gasteiger partial charge >= 0.3 is 0 Å². The first-order valence-electron chi connectivity index (χ1n) is 4.25. The Morgan fingerprint density at radius 3 is 2.77 bits per heavy atom. The third-order valence-electron chi connectivity index (χ3n) is 2.35. The van der Waals surface area contributed by atoms with Gasteiger partial charge in [0.15, 0.2) is 0 Å². The van der Waals surface area contributed by atoms with Crippen molar-refractivity contribution in [2.75, 3.05) is 0 Å². The zero-order valence-corrected chi connectivity index (χ0v) is 7.81. The van der Waals surface area contributed by atoms with Crippen LogP contribution < -0.4 is 0 Å². The summed E-state index contributed by atoms with van der Waals surface area (Å²) in [6.45, 7) is 0. The third-order valence-corrected chi connectivity index (χ3v) is 2.59. The normalized spacial score (nSPS) is 18.7. The summed E-state index contributed by atoms with van der Waals surface area (Å²) in [7, 11) is 0. The fraction of sp³-hybridized carbons (Fsp3) is 0.400. The van der Waals surface area contributed by atoms with Gasteiger partial charge in [0.25, 0.3) is 0 Å². The number of aliphatic hydroxyl groups is 1. The summed E-state index contributed by atoms with van der Waals surface area (Å²) < 4.78 is 13.2. The molecule has 0 unspecified atom stereocenters. The van der Waals surface area contributed by atoms with Crippen LogP contribution in [0.3, 0.4) is 0 Å². The van der Waals surface area contributed by atoms with Gasteiger partial charge in [-0.2, -0.15) is 0 Å². The van der Waals surface area contributed by atoms with Gasteiger partial charge in [0.2, 0.25) is 0 Å². The van der Waals surface area contributed by atoms with Gasteiger partial charge in [-0.1, -0.05) is 11.6 Å². The van der Waals surface area contributed by atoms with E-state index in [4.69, 9.17) is 11.6 Å².